The summed E-state index contributed by atoms with van der Waals surface area (Å²) in [4.78, 5) is 25.3. The molecule has 1 saturated heterocycles. The van der Waals surface area contributed by atoms with Gasteiger partial charge in [-0.1, -0.05) is 0 Å². The molecular formula is C16H21FN2O3. The molecule has 2 N–H and O–H groups in total. The van der Waals surface area contributed by atoms with Crippen molar-refractivity contribution in [2.75, 3.05) is 18.5 Å². The Hall–Kier alpha value is -1.95. The number of rotatable bonds is 5. The summed E-state index contributed by atoms with van der Waals surface area (Å²) in [6, 6.07) is 4.04. The number of benzene rings is 1. The lowest BCUT2D eigenvalue weighted by Gasteiger charge is -2.25. The third-order valence-corrected chi connectivity index (χ3v) is 3.85. The average Bonchev–Trinajstić information content (AvgIpc) is 2.94. The molecule has 120 valence electrons. The van der Waals surface area contributed by atoms with Crippen LogP contribution in [0.4, 0.5) is 10.1 Å². The summed E-state index contributed by atoms with van der Waals surface area (Å²) in [7, 11) is 0. The van der Waals surface area contributed by atoms with Gasteiger partial charge in [-0.15, -0.1) is 0 Å². The van der Waals surface area contributed by atoms with Crippen molar-refractivity contribution in [1.29, 1.82) is 0 Å². The highest BCUT2D eigenvalue weighted by Gasteiger charge is 2.30. The molecule has 5 nitrogen and oxygen atoms in total. The van der Waals surface area contributed by atoms with Gasteiger partial charge in [-0.2, -0.15) is 0 Å². The van der Waals surface area contributed by atoms with E-state index in [9.17, 15) is 14.0 Å². The third-order valence-electron chi connectivity index (χ3n) is 3.85. The number of hydrogen-bond acceptors (Lipinski definition) is 3. The van der Waals surface area contributed by atoms with E-state index >= 15 is 0 Å². The van der Waals surface area contributed by atoms with Crippen molar-refractivity contribution in [2.24, 2.45) is 0 Å². The topological polar surface area (TPSA) is 69.6 Å². The lowest BCUT2D eigenvalue weighted by molar-refractivity contribution is -0.114. The van der Waals surface area contributed by atoms with E-state index in [1.54, 1.807) is 4.90 Å². The average molecular weight is 308 g/mol. The first-order valence-corrected chi connectivity index (χ1v) is 7.52. The SMILES string of the molecule is CC(=O)Nc1ccc(F)c(C(=O)N2CCCC2CCCO)c1. The second-order valence-electron chi connectivity index (χ2n) is 5.54. The summed E-state index contributed by atoms with van der Waals surface area (Å²) in [6.45, 7) is 2.04. The first kappa shape index (κ1) is 16.4. The molecule has 1 aliphatic heterocycles. The van der Waals surface area contributed by atoms with Gasteiger partial charge in [0.2, 0.25) is 5.91 Å². The summed E-state index contributed by atoms with van der Waals surface area (Å²) in [5, 5.41) is 11.5. The molecule has 1 atom stereocenters. The minimum absolute atomic E-state index is 0.0258. The Morgan fingerprint density at radius 2 is 2.23 bits per heavy atom. The summed E-state index contributed by atoms with van der Waals surface area (Å²) in [6.07, 6.45) is 3.10. The molecule has 2 rings (SSSR count). The van der Waals surface area contributed by atoms with Crippen LogP contribution < -0.4 is 5.32 Å². The van der Waals surface area contributed by atoms with Crippen molar-refractivity contribution in [3.8, 4) is 0 Å². The molecule has 6 heteroatoms. The van der Waals surface area contributed by atoms with Crippen LogP contribution in [0.1, 0.15) is 43.0 Å². The molecule has 0 spiro atoms. The van der Waals surface area contributed by atoms with E-state index in [1.165, 1.54) is 25.1 Å². The number of carbonyl (C=O) groups excluding carboxylic acids is 2. The number of anilines is 1. The van der Waals surface area contributed by atoms with Gasteiger partial charge in [0, 0.05) is 31.8 Å². The fourth-order valence-corrected chi connectivity index (χ4v) is 2.86. The van der Waals surface area contributed by atoms with Gasteiger partial charge in [0.05, 0.1) is 5.56 Å². The van der Waals surface area contributed by atoms with Crippen molar-refractivity contribution in [2.45, 2.75) is 38.6 Å². The largest absolute Gasteiger partial charge is 0.396 e. The highest BCUT2D eigenvalue weighted by Crippen LogP contribution is 2.25. The Bertz CT molecular complexity index is 562. The van der Waals surface area contributed by atoms with Gasteiger partial charge >= 0.3 is 0 Å². The van der Waals surface area contributed by atoms with Gasteiger partial charge in [0.25, 0.3) is 5.91 Å². The monoisotopic (exact) mass is 308 g/mol. The Labute approximate surface area is 129 Å². The van der Waals surface area contributed by atoms with E-state index in [1.807, 2.05) is 0 Å². The summed E-state index contributed by atoms with van der Waals surface area (Å²) in [5.41, 5.74) is 0.380. The summed E-state index contributed by atoms with van der Waals surface area (Å²) >= 11 is 0. The zero-order chi connectivity index (χ0) is 16.1. The van der Waals surface area contributed by atoms with Gasteiger partial charge in [0.15, 0.2) is 0 Å². The number of halogens is 1. The van der Waals surface area contributed by atoms with Crippen LogP contribution in [0.3, 0.4) is 0 Å². The standard InChI is InChI=1S/C16H21FN2O3/c1-11(21)18-12-6-7-15(17)14(10-12)16(22)19-8-2-4-13(19)5-3-9-20/h6-7,10,13,20H,2-5,8-9H2,1H3,(H,18,21). The first-order chi connectivity index (χ1) is 10.5. The van der Waals surface area contributed by atoms with Gasteiger partial charge in [0.1, 0.15) is 5.82 Å². The number of amides is 2. The van der Waals surface area contributed by atoms with Crippen molar-refractivity contribution in [3.05, 3.63) is 29.6 Å². The zero-order valence-corrected chi connectivity index (χ0v) is 12.6. The van der Waals surface area contributed by atoms with Crippen LogP contribution in [0.5, 0.6) is 0 Å². The third kappa shape index (κ3) is 3.82. The molecular weight excluding hydrogens is 287 g/mol. The molecule has 1 fully saturated rings. The Morgan fingerprint density at radius 1 is 1.45 bits per heavy atom. The van der Waals surface area contributed by atoms with Crippen molar-refractivity contribution >= 4 is 17.5 Å². The molecule has 1 unspecified atom stereocenters. The fraction of sp³-hybridized carbons (Fsp3) is 0.500. The summed E-state index contributed by atoms with van der Waals surface area (Å²) < 4.78 is 14.0. The Kier molecular flexibility index (Phi) is 5.49. The number of carbonyl (C=O) groups is 2. The van der Waals surface area contributed by atoms with E-state index < -0.39 is 5.82 Å². The van der Waals surface area contributed by atoms with E-state index in [0.717, 1.165) is 19.3 Å². The molecule has 0 saturated carbocycles. The number of nitrogens with zero attached hydrogens (tertiary/aromatic N) is 1. The molecule has 1 aromatic rings. The maximum atomic E-state index is 14.0. The van der Waals surface area contributed by atoms with E-state index in [0.29, 0.717) is 18.7 Å². The van der Waals surface area contributed by atoms with E-state index in [-0.39, 0.29) is 30.0 Å². The molecule has 0 radical (unpaired) electrons. The second-order valence-corrected chi connectivity index (χ2v) is 5.54. The molecule has 0 aromatic heterocycles. The number of likely N-dealkylation sites (tertiary alicyclic amines) is 1. The van der Waals surface area contributed by atoms with Crippen LogP contribution in [0.25, 0.3) is 0 Å². The van der Waals surface area contributed by atoms with Gasteiger partial charge in [-0.25, -0.2) is 4.39 Å². The van der Waals surface area contributed by atoms with Crippen LogP contribution in [0, 0.1) is 5.82 Å². The highest BCUT2D eigenvalue weighted by atomic mass is 19.1. The minimum Gasteiger partial charge on any atom is -0.396 e. The zero-order valence-electron chi connectivity index (χ0n) is 12.6. The second kappa shape index (κ2) is 7.35. The van der Waals surface area contributed by atoms with E-state index in [4.69, 9.17) is 5.11 Å². The predicted octanol–water partition coefficient (Wildman–Crippen LogP) is 2.16. The number of nitrogens with one attached hydrogen (secondary N) is 1. The molecule has 2 amide bonds. The maximum absolute atomic E-state index is 14.0. The fourth-order valence-electron chi connectivity index (χ4n) is 2.86. The lowest BCUT2D eigenvalue weighted by Crippen LogP contribution is -2.36. The number of hydrogen-bond donors (Lipinski definition) is 2. The molecule has 0 bridgehead atoms. The minimum atomic E-state index is -0.591. The van der Waals surface area contributed by atoms with Crippen LogP contribution >= 0.6 is 0 Å². The first-order valence-electron chi connectivity index (χ1n) is 7.52. The normalized spacial score (nSPS) is 17.6. The number of aliphatic hydroxyl groups excluding tert-OH is 1. The van der Waals surface area contributed by atoms with Crippen LogP contribution in [0.15, 0.2) is 18.2 Å². The van der Waals surface area contributed by atoms with Crippen LogP contribution in [0.2, 0.25) is 0 Å². The smallest absolute Gasteiger partial charge is 0.257 e. The van der Waals surface area contributed by atoms with Crippen LogP contribution in [-0.4, -0.2) is 41.0 Å². The van der Waals surface area contributed by atoms with E-state index in [2.05, 4.69) is 5.32 Å². The lowest BCUT2D eigenvalue weighted by atomic mass is 10.1. The molecule has 0 aliphatic carbocycles. The molecule has 1 aliphatic rings. The predicted molar refractivity (Wildman–Crippen MR) is 81.1 cm³/mol. The number of aliphatic hydroxyl groups is 1. The van der Waals surface area contributed by atoms with Gasteiger partial charge in [-0.3, -0.25) is 9.59 Å². The van der Waals surface area contributed by atoms with Crippen LogP contribution in [-0.2, 0) is 4.79 Å². The van der Waals surface area contributed by atoms with Crippen molar-refractivity contribution < 1.29 is 19.1 Å². The Morgan fingerprint density at radius 3 is 2.91 bits per heavy atom. The molecule has 1 heterocycles. The van der Waals surface area contributed by atoms with Crippen molar-refractivity contribution in [1.82, 2.24) is 4.90 Å². The Balaban J connectivity index is 2.18. The van der Waals surface area contributed by atoms with Crippen molar-refractivity contribution in [3.63, 3.8) is 0 Å². The molecule has 22 heavy (non-hydrogen) atoms. The highest BCUT2D eigenvalue weighted by molar-refractivity contribution is 5.97. The van der Waals surface area contributed by atoms with Gasteiger partial charge in [-0.05, 0) is 43.9 Å². The quantitative estimate of drug-likeness (QED) is 0.876. The van der Waals surface area contributed by atoms with Gasteiger partial charge < -0.3 is 15.3 Å². The maximum Gasteiger partial charge on any atom is 0.257 e. The molecule has 1 aromatic carbocycles. The summed E-state index contributed by atoms with van der Waals surface area (Å²) in [5.74, 6) is -1.22.